The smallest absolute Gasteiger partial charge is 0.332 e. The molecule has 0 bridgehead atoms. The number of carboxylic acid groups (broad SMARTS) is 1. The van der Waals surface area contributed by atoms with Crippen LogP contribution in [0.15, 0.2) is 0 Å². The maximum absolute atomic E-state index is 11.5. The SMILES string of the molecule is CCC(CC)C(C)NC(=O)NCC[C@H](O)C(=O)O. The number of urea groups is 1. The van der Waals surface area contributed by atoms with Gasteiger partial charge >= 0.3 is 12.0 Å². The molecule has 0 aliphatic rings. The van der Waals surface area contributed by atoms with Crippen molar-refractivity contribution in [1.29, 1.82) is 0 Å². The highest BCUT2D eigenvalue weighted by molar-refractivity contribution is 5.74. The molecular formula is C12H24N2O4. The van der Waals surface area contributed by atoms with Crippen molar-refractivity contribution in [3.05, 3.63) is 0 Å². The molecule has 106 valence electrons. The molecule has 0 aromatic heterocycles. The Kier molecular flexibility index (Phi) is 8.11. The summed E-state index contributed by atoms with van der Waals surface area (Å²) in [5, 5.41) is 22.8. The van der Waals surface area contributed by atoms with E-state index in [0.717, 1.165) is 12.8 Å². The molecule has 6 heteroatoms. The maximum Gasteiger partial charge on any atom is 0.332 e. The highest BCUT2D eigenvalue weighted by atomic mass is 16.4. The second-order valence-electron chi connectivity index (χ2n) is 4.41. The molecule has 0 aromatic carbocycles. The highest BCUT2D eigenvalue weighted by Crippen LogP contribution is 2.12. The van der Waals surface area contributed by atoms with Crippen LogP contribution in [0.25, 0.3) is 0 Å². The third-order valence-corrected chi connectivity index (χ3v) is 3.10. The Morgan fingerprint density at radius 1 is 1.22 bits per heavy atom. The predicted molar refractivity (Wildman–Crippen MR) is 68.3 cm³/mol. The minimum Gasteiger partial charge on any atom is -0.479 e. The van der Waals surface area contributed by atoms with Gasteiger partial charge in [0.25, 0.3) is 0 Å². The van der Waals surface area contributed by atoms with Crippen molar-refractivity contribution in [2.75, 3.05) is 6.54 Å². The van der Waals surface area contributed by atoms with Crippen LogP contribution in [0.5, 0.6) is 0 Å². The summed E-state index contributed by atoms with van der Waals surface area (Å²) in [6.45, 7) is 6.24. The summed E-state index contributed by atoms with van der Waals surface area (Å²) in [5.74, 6) is -0.844. The van der Waals surface area contributed by atoms with E-state index in [9.17, 15) is 9.59 Å². The average Bonchev–Trinajstić information content (AvgIpc) is 2.30. The number of hydrogen-bond donors (Lipinski definition) is 4. The molecule has 0 saturated carbocycles. The zero-order valence-electron chi connectivity index (χ0n) is 11.3. The summed E-state index contributed by atoms with van der Waals surface area (Å²) in [7, 11) is 0. The number of carboxylic acids is 1. The third-order valence-electron chi connectivity index (χ3n) is 3.10. The van der Waals surface area contributed by atoms with Crippen LogP contribution in [0.4, 0.5) is 4.79 Å². The van der Waals surface area contributed by atoms with Gasteiger partial charge in [-0.2, -0.15) is 0 Å². The minimum atomic E-state index is -1.43. The van der Waals surface area contributed by atoms with Crippen LogP contribution < -0.4 is 10.6 Å². The Morgan fingerprint density at radius 3 is 2.22 bits per heavy atom. The van der Waals surface area contributed by atoms with Crippen LogP contribution in [0.1, 0.15) is 40.0 Å². The molecule has 6 nitrogen and oxygen atoms in total. The van der Waals surface area contributed by atoms with Crippen LogP contribution in [-0.4, -0.2) is 40.9 Å². The van der Waals surface area contributed by atoms with Gasteiger partial charge in [0.15, 0.2) is 6.10 Å². The highest BCUT2D eigenvalue weighted by Gasteiger charge is 2.16. The number of nitrogens with one attached hydrogen (secondary N) is 2. The van der Waals surface area contributed by atoms with E-state index < -0.39 is 12.1 Å². The van der Waals surface area contributed by atoms with Gasteiger partial charge in [-0.25, -0.2) is 9.59 Å². The molecule has 0 spiro atoms. The molecule has 0 heterocycles. The van der Waals surface area contributed by atoms with E-state index in [-0.39, 0.29) is 25.0 Å². The van der Waals surface area contributed by atoms with Crippen molar-refractivity contribution in [3.8, 4) is 0 Å². The van der Waals surface area contributed by atoms with Crippen molar-refractivity contribution in [3.63, 3.8) is 0 Å². The lowest BCUT2D eigenvalue weighted by atomic mass is 9.96. The fourth-order valence-corrected chi connectivity index (χ4v) is 1.82. The van der Waals surface area contributed by atoms with Crippen molar-refractivity contribution < 1.29 is 19.8 Å². The van der Waals surface area contributed by atoms with Crippen LogP contribution in [0.3, 0.4) is 0 Å². The number of hydrogen-bond acceptors (Lipinski definition) is 3. The van der Waals surface area contributed by atoms with Crippen LogP contribution >= 0.6 is 0 Å². The first-order chi connectivity index (χ1) is 8.42. The molecule has 18 heavy (non-hydrogen) atoms. The van der Waals surface area contributed by atoms with Crippen LogP contribution in [0, 0.1) is 5.92 Å². The lowest BCUT2D eigenvalue weighted by molar-refractivity contribution is -0.146. The van der Waals surface area contributed by atoms with E-state index >= 15 is 0 Å². The molecule has 0 rings (SSSR count). The summed E-state index contributed by atoms with van der Waals surface area (Å²) in [6.07, 6.45) is 0.565. The van der Waals surface area contributed by atoms with Gasteiger partial charge in [-0.15, -0.1) is 0 Å². The van der Waals surface area contributed by atoms with Gasteiger partial charge in [0.2, 0.25) is 0 Å². The summed E-state index contributed by atoms with van der Waals surface area (Å²) < 4.78 is 0. The van der Waals surface area contributed by atoms with E-state index in [0.29, 0.717) is 5.92 Å². The lowest BCUT2D eigenvalue weighted by Gasteiger charge is -2.22. The van der Waals surface area contributed by atoms with Gasteiger partial charge in [0.05, 0.1) is 0 Å². The number of carbonyl (C=O) groups excluding carboxylic acids is 1. The lowest BCUT2D eigenvalue weighted by Crippen LogP contribution is -2.44. The first-order valence-corrected chi connectivity index (χ1v) is 6.37. The Morgan fingerprint density at radius 2 is 1.78 bits per heavy atom. The Balaban J connectivity index is 3.87. The van der Waals surface area contributed by atoms with Gasteiger partial charge in [-0.05, 0) is 12.8 Å². The van der Waals surface area contributed by atoms with Gasteiger partial charge in [-0.3, -0.25) is 0 Å². The molecule has 4 N–H and O–H groups in total. The first-order valence-electron chi connectivity index (χ1n) is 6.37. The molecule has 2 amide bonds. The van der Waals surface area contributed by atoms with Crippen molar-refractivity contribution in [2.24, 2.45) is 5.92 Å². The number of aliphatic carboxylic acids is 1. The largest absolute Gasteiger partial charge is 0.479 e. The maximum atomic E-state index is 11.5. The van der Waals surface area contributed by atoms with Gasteiger partial charge in [0.1, 0.15) is 0 Å². The van der Waals surface area contributed by atoms with Crippen molar-refractivity contribution in [2.45, 2.75) is 52.2 Å². The summed E-state index contributed by atoms with van der Waals surface area (Å²) >= 11 is 0. The monoisotopic (exact) mass is 260 g/mol. The molecule has 0 aliphatic heterocycles. The van der Waals surface area contributed by atoms with Crippen molar-refractivity contribution >= 4 is 12.0 Å². The van der Waals surface area contributed by atoms with E-state index in [4.69, 9.17) is 10.2 Å². The molecule has 0 aliphatic carbocycles. The molecule has 1 unspecified atom stereocenters. The Hall–Kier alpha value is -1.30. The van der Waals surface area contributed by atoms with Crippen LogP contribution in [0.2, 0.25) is 0 Å². The number of aliphatic hydroxyl groups is 1. The fraction of sp³-hybridized carbons (Fsp3) is 0.833. The summed E-state index contributed by atoms with van der Waals surface area (Å²) in [4.78, 5) is 21.8. The number of aliphatic hydroxyl groups excluding tert-OH is 1. The topological polar surface area (TPSA) is 98.7 Å². The van der Waals surface area contributed by atoms with Crippen molar-refractivity contribution in [1.82, 2.24) is 10.6 Å². The van der Waals surface area contributed by atoms with E-state index in [2.05, 4.69) is 24.5 Å². The molecular weight excluding hydrogens is 236 g/mol. The zero-order valence-corrected chi connectivity index (χ0v) is 11.3. The Bertz CT molecular complexity index is 267. The van der Waals surface area contributed by atoms with Gasteiger partial charge < -0.3 is 20.8 Å². The van der Waals surface area contributed by atoms with E-state index in [1.165, 1.54) is 0 Å². The molecule has 0 aromatic rings. The average molecular weight is 260 g/mol. The second-order valence-corrected chi connectivity index (χ2v) is 4.41. The number of carbonyl (C=O) groups is 2. The quantitative estimate of drug-likeness (QED) is 0.522. The summed E-state index contributed by atoms with van der Waals surface area (Å²) in [6, 6.07) is -0.253. The Labute approximate surface area is 108 Å². The second kappa shape index (κ2) is 8.74. The number of rotatable bonds is 8. The first kappa shape index (κ1) is 16.7. The van der Waals surface area contributed by atoms with Gasteiger partial charge in [0, 0.05) is 19.0 Å². The zero-order chi connectivity index (χ0) is 14.1. The van der Waals surface area contributed by atoms with E-state index in [1.807, 2.05) is 6.92 Å². The summed E-state index contributed by atoms with van der Waals surface area (Å²) in [5.41, 5.74) is 0. The number of amides is 2. The normalized spacial score (nSPS) is 14.1. The van der Waals surface area contributed by atoms with Crippen LogP contribution in [-0.2, 0) is 4.79 Å². The molecule has 0 saturated heterocycles. The van der Waals surface area contributed by atoms with Gasteiger partial charge in [-0.1, -0.05) is 26.7 Å². The minimum absolute atomic E-state index is 0.00210. The van der Waals surface area contributed by atoms with E-state index in [1.54, 1.807) is 0 Å². The standard InChI is InChI=1S/C12H24N2O4/c1-4-9(5-2)8(3)14-12(18)13-7-6-10(15)11(16)17/h8-10,15H,4-7H2,1-3H3,(H,16,17)(H2,13,14,18)/t8?,10-/m0/s1. The molecule has 2 atom stereocenters. The molecule has 0 radical (unpaired) electrons. The fourth-order valence-electron chi connectivity index (χ4n) is 1.82. The third kappa shape index (κ3) is 6.44. The molecule has 0 fully saturated rings. The predicted octanol–water partition coefficient (Wildman–Crippen LogP) is 0.946.